The minimum atomic E-state index is -0.222. The third-order valence-electron chi connectivity index (χ3n) is 3.63. The highest BCUT2D eigenvalue weighted by Crippen LogP contribution is 2.28. The summed E-state index contributed by atoms with van der Waals surface area (Å²) in [4.78, 5) is 34.0. The quantitative estimate of drug-likeness (QED) is 0.666. The second-order valence-electron chi connectivity index (χ2n) is 5.66. The number of aromatic nitrogens is 2. The molecule has 0 unspecified atom stereocenters. The first-order chi connectivity index (χ1) is 13.1. The van der Waals surface area contributed by atoms with E-state index in [0.29, 0.717) is 17.4 Å². The van der Waals surface area contributed by atoms with Gasteiger partial charge in [-0.15, -0.1) is 11.3 Å². The SMILES string of the molecule is CC(=O)N(c1ccccc1)c1nc(/C=C/C(=O)NCc2cccnc2)cs1. The zero-order valence-corrected chi connectivity index (χ0v) is 15.5. The van der Waals surface area contributed by atoms with Gasteiger partial charge in [0.25, 0.3) is 0 Å². The molecule has 7 heteroatoms. The number of amides is 2. The molecule has 0 bridgehead atoms. The Hall–Kier alpha value is -3.32. The average molecular weight is 378 g/mol. The lowest BCUT2D eigenvalue weighted by Crippen LogP contribution is -2.22. The molecule has 0 aliphatic rings. The van der Waals surface area contributed by atoms with Crippen molar-refractivity contribution >= 4 is 40.0 Å². The molecule has 0 saturated carbocycles. The molecule has 27 heavy (non-hydrogen) atoms. The summed E-state index contributed by atoms with van der Waals surface area (Å²) in [6, 6.07) is 13.0. The van der Waals surface area contributed by atoms with E-state index in [9.17, 15) is 9.59 Å². The lowest BCUT2D eigenvalue weighted by atomic mass is 10.3. The number of hydrogen-bond acceptors (Lipinski definition) is 5. The van der Waals surface area contributed by atoms with E-state index in [1.165, 1.54) is 24.3 Å². The molecule has 6 nitrogen and oxygen atoms in total. The molecule has 2 amide bonds. The summed E-state index contributed by atoms with van der Waals surface area (Å²) < 4.78 is 0. The zero-order valence-electron chi connectivity index (χ0n) is 14.7. The van der Waals surface area contributed by atoms with Crippen LogP contribution < -0.4 is 10.2 Å². The number of carbonyl (C=O) groups excluding carboxylic acids is 2. The van der Waals surface area contributed by atoms with Gasteiger partial charge >= 0.3 is 0 Å². The highest BCUT2D eigenvalue weighted by Gasteiger charge is 2.17. The molecule has 1 N–H and O–H groups in total. The predicted octanol–water partition coefficient (Wildman–Crippen LogP) is 3.55. The Morgan fingerprint density at radius 1 is 1.19 bits per heavy atom. The van der Waals surface area contributed by atoms with E-state index in [2.05, 4.69) is 15.3 Å². The van der Waals surface area contributed by atoms with Crippen LogP contribution in [-0.2, 0) is 16.1 Å². The molecule has 0 spiro atoms. The fraction of sp³-hybridized carbons (Fsp3) is 0.100. The third-order valence-corrected chi connectivity index (χ3v) is 4.47. The van der Waals surface area contributed by atoms with Crippen molar-refractivity contribution in [2.45, 2.75) is 13.5 Å². The number of hydrogen-bond donors (Lipinski definition) is 1. The number of carbonyl (C=O) groups is 2. The summed E-state index contributed by atoms with van der Waals surface area (Å²) in [6.45, 7) is 1.90. The topological polar surface area (TPSA) is 75.2 Å². The number of para-hydroxylation sites is 1. The van der Waals surface area contributed by atoms with Crippen LogP contribution in [0.3, 0.4) is 0 Å². The van der Waals surface area contributed by atoms with Gasteiger partial charge in [0.15, 0.2) is 5.13 Å². The molecule has 0 radical (unpaired) electrons. The Morgan fingerprint density at radius 3 is 2.70 bits per heavy atom. The summed E-state index contributed by atoms with van der Waals surface area (Å²) in [7, 11) is 0. The molecule has 2 heterocycles. The monoisotopic (exact) mass is 378 g/mol. The highest BCUT2D eigenvalue weighted by molar-refractivity contribution is 7.14. The molecule has 0 aliphatic carbocycles. The highest BCUT2D eigenvalue weighted by atomic mass is 32.1. The van der Waals surface area contributed by atoms with Crippen molar-refractivity contribution in [1.82, 2.24) is 15.3 Å². The summed E-state index contributed by atoms with van der Waals surface area (Å²) in [6.07, 6.45) is 6.44. The lowest BCUT2D eigenvalue weighted by Gasteiger charge is -2.17. The van der Waals surface area contributed by atoms with E-state index in [1.54, 1.807) is 28.7 Å². The van der Waals surface area contributed by atoms with Crippen LogP contribution in [-0.4, -0.2) is 21.8 Å². The fourth-order valence-corrected chi connectivity index (χ4v) is 3.23. The number of benzene rings is 1. The van der Waals surface area contributed by atoms with Crippen LogP contribution in [0.25, 0.3) is 6.08 Å². The molecule has 0 aliphatic heterocycles. The minimum absolute atomic E-state index is 0.125. The Balaban J connectivity index is 1.65. The molecule has 0 fully saturated rings. The van der Waals surface area contributed by atoms with Crippen LogP contribution in [0.5, 0.6) is 0 Å². The maximum Gasteiger partial charge on any atom is 0.244 e. The van der Waals surface area contributed by atoms with E-state index in [0.717, 1.165) is 11.3 Å². The van der Waals surface area contributed by atoms with Gasteiger partial charge in [-0.1, -0.05) is 24.3 Å². The van der Waals surface area contributed by atoms with Gasteiger partial charge in [-0.25, -0.2) is 4.98 Å². The molecule has 0 saturated heterocycles. The van der Waals surface area contributed by atoms with Gasteiger partial charge in [0, 0.05) is 37.3 Å². The van der Waals surface area contributed by atoms with Gasteiger partial charge < -0.3 is 5.32 Å². The molecule has 136 valence electrons. The summed E-state index contributed by atoms with van der Waals surface area (Å²) in [5.74, 6) is -0.347. The number of pyridine rings is 1. The Morgan fingerprint density at radius 2 is 2.00 bits per heavy atom. The van der Waals surface area contributed by atoms with Gasteiger partial charge in [-0.05, 0) is 29.8 Å². The van der Waals surface area contributed by atoms with Gasteiger partial charge in [-0.2, -0.15) is 0 Å². The normalized spacial score (nSPS) is 10.7. The maximum absolute atomic E-state index is 12.0. The molecular formula is C20H18N4O2S. The van der Waals surface area contributed by atoms with E-state index >= 15 is 0 Å². The summed E-state index contributed by atoms with van der Waals surface area (Å²) in [5, 5.41) is 5.15. The Bertz CT molecular complexity index is 939. The van der Waals surface area contributed by atoms with E-state index in [4.69, 9.17) is 0 Å². The Kier molecular flexibility index (Phi) is 6.06. The number of anilines is 2. The van der Waals surface area contributed by atoms with Crippen molar-refractivity contribution in [2.24, 2.45) is 0 Å². The van der Waals surface area contributed by atoms with Gasteiger partial charge in [0.2, 0.25) is 11.8 Å². The predicted molar refractivity (Wildman–Crippen MR) is 106 cm³/mol. The van der Waals surface area contributed by atoms with Crippen molar-refractivity contribution in [2.75, 3.05) is 4.90 Å². The summed E-state index contributed by atoms with van der Waals surface area (Å²) >= 11 is 1.35. The van der Waals surface area contributed by atoms with E-state index < -0.39 is 0 Å². The van der Waals surface area contributed by atoms with Crippen molar-refractivity contribution in [3.8, 4) is 0 Å². The van der Waals surface area contributed by atoms with Crippen LogP contribution in [0.4, 0.5) is 10.8 Å². The Labute approximate surface area is 161 Å². The molecule has 3 rings (SSSR count). The first-order valence-corrected chi connectivity index (χ1v) is 9.17. The van der Waals surface area contributed by atoms with Gasteiger partial charge in [-0.3, -0.25) is 19.5 Å². The number of thiazole rings is 1. The van der Waals surface area contributed by atoms with Crippen LogP contribution >= 0.6 is 11.3 Å². The van der Waals surface area contributed by atoms with Gasteiger partial charge in [0.1, 0.15) is 0 Å². The second kappa shape index (κ2) is 8.86. The summed E-state index contributed by atoms with van der Waals surface area (Å²) in [5.41, 5.74) is 2.30. The third kappa shape index (κ3) is 5.08. The molecular weight excluding hydrogens is 360 g/mol. The van der Waals surface area contributed by atoms with E-state index in [-0.39, 0.29) is 11.8 Å². The fourth-order valence-electron chi connectivity index (χ4n) is 2.37. The standard InChI is InChI=1S/C20H18N4O2S/c1-15(25)24(18-7-3-2-4-8-18)20-23-17(14-27-20)9-10-19(26)22-13-16-6-5-11-21-12-16/h2-12,14H,13H2,1H3,(H,22,26)/b10-9+. The molecule has 2 aromatic heterocycles. The lowest BCUT2D eigenvalue weighted by molar-refractivity contribution is -0.117. The van der Waals surface area contributed by atoms with Crippen LogP contribution in [0.2, 0.25) is 0 Å². The van der Waals surface area contributed by atoms with Crippen LogP contribution in [0.1, 0.15) is 18.2 Å². The second-order valence-corrected chi connectivity index (χ2v) is 6.49. The molecule has 3 aromatic rings. The van der Waals surface area contributed by atoms with Crippen LogP contribution in [0.15, 0.2) is 66.3 Å². The minimum Gasteiger partial charge on any atom is -0.348 e. The van der Waals surface area contributed by atoms with Crippen molar-refractivity contribution < 1.29 is 9.59 Å². The van der Waals surface area contributed by atoms with Crippen molar-refractivity contribution in [1.29, 1.82) is 0 Å². The zero-order chi connectivity index (χ0) is 19.1. The van der Waals surface area contributed by atoms with Crippen molar-refractivity contribution in [3.63, 3.8) is 0 Å². The first kappa shape index (κ1) is 18.5. The van der Waals surface area contributed by atoms with Gasteiger partial charge in [0.05, 0.1) is 11.4 Å². The molecule has 1 aromatic carbocycles. The first-order valence-electron chi connectivity index (χ1n) is 8.29. The average Bonchev–Trinajstić information content (AvgIpc) is 3.14. The smallest absolute Gasteiger partial charge is 0.244 e. The maximum atomic E-state index is 12.0. The molecule has 0 atom stereocenters. The van der Waals surface area contributed by atoms with Crippen LogP contribution in [0, 0.1) is 0 Å². The van der Waals surface area contributed by atoms with E-state index in [1.807, 2.05) is 42.5 Å². The number of rotatable bonds is 6. The van der Waals surface area contributed by atoms with Crippen molar-refractivity contribution in [3.05, 3.63) is 77.6 Å². The number of nitrogens with one attached hydrogen (secondary N) is 1. The number of nitrogens with zero attached hydrogens (tertiary/aromatic N) is 3. The largest absolute Gasteiger partial charge is 0.348 e.